The van der Waals surface area contributed by atoms with E-state index >= 15 is 0 Å². The first kappa shape index (κ1) is 9.97. The Morgan fingerprint density at radius 2 is 2.07 bits per heavy atom. The maximum absolute atomic E-state index is 11.7. The summed E-state index contributed by atoms with van der Waals surface area (Å²) in [5, 5.41) is 3.28. The largest absolute Gasteiger partial charge is 0.323 e. The first-order valence-electron chi connectivity index (χ1n) is 5.87. The van der Waals surface area contributed by atoms with Crippen molar-refractivity contribution in [1.82, 2.24) is 10.2 Å². The predicted molar refractivity (Wildman–Crippen MR) is 55.8 cm³/mol. The second-order valence-corrected chi connectivity index (χ2v) is 4.40. The lowest BCUT2D eigenvalue weighted by molar-refractivity contribution is -0.130. The van der Waals surface area contributed by atoms with E-state index in [9.17, 15) is 4.79 Å². The molecule has 2 fully saturated rings. The number of hydrogen-bond donors (Lipinski definition) is 1. The molecule has 0 aromatic carbocycles. The minimum Gasteiger partial charge on any atom is -0.323 e. The molecule has 1 atom stereocenters. The quantitative estimate of drug-likeness (QED) is 0.725. The van der Waals surface area contributed by atoms with Crippen molar-refractivity contribution in [2.24, 2.45) is 0 Å². The van der Waals surface area contributed by atoms with E-state index in [1.54, 1.807) is 0 Å². The van der Waals surface area contributed by atoms with Crippen LogP contribution in [0.4, 0.5) is 0 Å². The molecule has 2 rings (SSSR count). The molecule has 3 heteroatoms. The highest BCUT2D eigenvalue weighted by Gasteiger charge is 2.34. The number of amides is 1. The lowest BCUT2D eigenvalue weighted by Gasteiger charge is -2.34. The van der Waals surface area contributed by atoms with E-state index in [2.05, 4.69) is 17.1 Å². The van der Waals surface area contributed by atoms with Gasteiger partial charge >= 0.3 is 0 Å². The molecular weight excluding hydrogens is 176 g/mol. The second-order valence-electron chi connectivity index (χ2n) is 4.40. The second kappa shape index (κ2) is 4.30. The molecule has 0 aromatic heterocycles. The van der Waals surface area contributed by atoms with Crippen LogP contribution >= 0.6 is 0 Å². The summed E-state index contributed by atoms with van der Waals surface area (Å²) >= 11 is 0. The molecule has 0 bridgehead atoms. The third-order valence-corrected chi connectivity index (χ3v) is 3.47. The van der Waals surface area contributed by atoms with Gasteiger partial charge in [-0.1, -0.05) is 26.2 Å². The van der Waals surface area contributed by atoms with Crippen molar-refractivity contribution in [2.75, 3.05) is 6.54 Å². The minimum absolute atomic E-state index is 0.309. The Balaban J connectivity index is 2.01. The summed E-state index contributed by atoms with van der Waals surface area (Å²) in [5.74, 6) is 0.309. The summed E-state index contributed by atoms with van der Waals surface area (Å²) in [7, 11) is 0. The molecule has 1 unspecified atom stereocenters. The molecule has 0 radical (unpaired) electrons. The van der Waals surface area contributed by atoms with E-state index < -0.39 is 0 Å². The van der Waals surface area contributed by atoms with E-state index in [-0.39, 0.29) is 0 Å². The van der Waals surface area contributed by atoms with Gasteiger partial charge in [-0.05, 0) is 19.3 Å². The predicted octanol–water partition coefficient (Wildman–Crippen LogP) is 1.49. The number of carbonyl (C=O) groups excluding carboxylic acids is 1. The molecule has 0 spiro atoms. The molecule has 0 aromatic rings. The third-order valence-electron chi connectivity index (χ3n) is 3.47. The third kappa shape index (κ3) is 1.78. The summed E-state index contributed by atoms with van der Waals surface area (Å²) in [6.07, 6.45) is 7.71. The fourth-order valence-electron chi connectivity index (χ4n) is 2.73. The average molecular weight is 196 g/mol. The Bertz CT molecular complexity index is 211. The van der Waals surface area contributed by atoms with Gasteiger partial charge in [-0.3, -0.25) is 10.1 Å². The van der Waals surface area contributed by atoms with Crippen molar-refractivity contribution in [3.8, 4) is 0 Å². The van der Waals surface area contributed by atoms with Crippen LogP contribution in [0.15, 0.2) is 0 Å². The molecule has 1 heterocycles. The zero-order valence-electron chi connectivity index (χ0n) is 8.96. The van der Waals surface area contributed by atoms with E-state index in [0.29, 0.717) is 24.7 Å². The normalized spacial score (nSPS) is 29.9. The van der Waals surface area contributed by atoms with Gasteiger partial charge in [-0.2, -0.15) is 0 Å². The van der Waals surface area contributed by atoms with Crippen molar-refractivity contribution < 1.29 is 4.79 Å². The number of carbonyl (C=O) groups is 1. The van der Waals surface area contributed by atoms with E-state index in [4.69, 9.17) is 0 Å². The molecule has 1 N–H and O–H groups in total. The zero-order valence-corrected chi connectivity index (χ0v) is 8.96. The standard InChI is InChI=1S/C11H20N2O/c1-2-10-12-8-11(14)13(10)9-6-4-3-5-7-9/h9-10,12H,2-8H2,1H3. The van der Waals surface area contributed by atoms with Crippen LogP contribution in [-0.4, -0.2) is 29.6 Å². The highest BCUT2D eigenvalue weighted by atomic mass is 16.2. The Hall–Kier alpha value is -0.570. The first-order chi connectivity index (χ1) is 6.83. The molecule has 1 aliphatic carbocycles. The van der Waals surface area contributed by atoms with Gasteiger partial charge in [0, 0.05) is 6.04 Å². The molecule has 14 heavy (non-hydrogen) atoms. The van der Waals surface area contributed by atoms with Gasteiger partial charge in [0.25, 0.3) is 0 Å². The molecule has 1 saturated heterocycles. The van der Waals surface area contributed by atoms with Crippen molar-refractivity contribution in [3.63, 3.8) is 0 Å². The average Bonchev–Trinajstić information content (AvgIpc) is 2.61. The number of nitrogens with one attached hydrogen (secondary N) is 1. The Morgan fingerprint density at radius 3 is 2.71 bits per heavy atom. The lowest BCUT2D eigenvalue weighted by Crippen LogP contribution is -2.45. The van der Waals surface area contributed by atoms with E-state index in [1.807, 2.05) is 0 Å². The summed E-state index contributed by atoms with van der Waals surface area (Å²) in [5.41, 5.74) is 0. The van der Waals surface area contributed by atoms with Crippen LogP contribution < -0.4 is 5.32 Å². The van der Waals surface area contributed by atoms with Gasteiger partial charge in [-0.15, -0.1) is 0 Å². The molecule has 1 saturated carbocycles. The fourth-order valence-corrected chi connectivity index (χ4v) is 2.73. The van der Waals surface area contributed by atoms with Gasteiger partial charge < -0.3 is 4.90 Å². The Morgan fingerprint density at radius 1 is 1.36 bits per heavy atom. The first-order valence-corrected chi connectivity index (χ1v) is 5.87. The minimum atomic E-state index is 0.309. The van der Waals surface area contributed by atoms with Crippen molar-refractivity contribution in [2.45, 2.75) is 57.7 Å². The Kier molecular flexibility index (Phi) is 3.06. The monoisotopic (exact) mass is 196 g/mol. The van der Waals surface area contributed by atoms with Crippen LogP contribution in [0.5, 0.6) is 0 Å². The molecular formula is C11H20N2O. The molecule has 1 aliphatic heterocycles. The van der Waals surface area contributed by atoms with Crippen LogP contribution in [0.2, 0.25) is 0 Å². The number of nitrogens with zero attached hydrogens (tertiary/aromatic N) is 1. The van der Waals surface area contributed by atoms with Crippen LogP contribution in [-0.2, 0) is 4.79 Å². The Labute approximate surface area is 85.8 Å². The van der Waals surface area contributed by atoms with Gasteiger partial charge in [0.2, 0.25) is 5.91 Å². The van der Waals surface area contributed by atoms with E-state index in [1.165, 1.54) is 32.1 Å². The highest BCUT2D eigenvalue weighted by molar-refractivity contribution is 5.81. The van der Waals surface area contributed by atoms with Crippen molar-refractivity contribution in [1.29, 1.82) is 0 Å². The summed E-state index contributed by atoms with van der Waals surface area (Å²) < 4.78 is 0. The fraction of sp³-hybridized carbons (Fsp3) is 0.909. The summed E-state index contributed by atoms with van der Waals surface area (Å²) in [6, 6.07) is 0.524. The van der Waals surface area contributed by atoms with Crippen LogP contribution in [0.25, 0.3) is 0 Å². The van der Waals surface area contributed by atoms with Gasteiger partial charge in [0.15, 0.2) is 0 Å². The maximum atomic E-state index is 11.7. The van der Waals surface area contributed by atoms with E-state index in [0.717, 1.165) is 6.42 Å². The molecule has 80 valence electrons. The van der Waals surface area contributed by atoms with Gasteiger partial charge in [0.05, 0.1) is 12.7 Å². The SMILES string of the molecule is CCC1NCC(=O)N1C1CCCCC1. The molecule has 2 aliphatic rings. The van der Waals surface area contributed by atoms with Crippen LogP contribution in [0, 0.1) is 0 Å². The number of rotatable bonds is 2. The topological polar surface area (TPSA) is 32.3 Å². The zero-order chi connectivity index (χ0) is 9.97. The maximum Gasteiger partial charge on any atom is 0.238 e. The van der Waals surface area contributed by atoms with Crippen molar-refractivity contribution >= 4 is 5.91 Å². The number of hydrogen-bond acceptors (Lipinski definition) is 2. The summed E-state index contributed by atoms with van der Waals surface area (Å²) in [4.78, 5) is 13.8. The van der Waals surface area contributed by atoms with Crippen LogP contribution in [0.1, 0.15) is 45.4 Å². The smallest absolute Gasteiger partial charge is 0.238 e. The molecule has 3 nitrogen and oxygen atoms in total. The van der Waals surface area contributed by atoms with Crippen LogP contribution in [0.3, 0.4) is 0 Å². The van der Waals surface area contributed by atoms with Crippen molar-refractivity contribution in [3.05, 3.63) is 0 Å². The van der Waals surface area contributed by atoms with Gasteiger partial charge in [0.1, 0.15) is 0 Å². The van der Waals surface area contributed by atoms with Gasteiger partial charge in [-0.25, -0.2) is 0 Å². The molecule has 1 amide bonds. The summed E-state index contributed by atoms with van der Waals surface area (Å²) in [6.45, 7) is 2.70. The highest BCUT2D eigenvalue weighted by Crippen LogP contribution is 2.26. The lowest BCUT2D eigenvalue weighted by atomic mass is 9.94.